The Labute approximate surface area is 155 Å². The van der Waals surface area contributed by atoms with Gasteiger partial charge in [-0.05, 0) is 55.3 Å². The topological polar surface area (TPSA) is 76.4 Å². The lowest BCUT2D eigenvalue weighted by atomic mass is 10.0. The molecule has 5 nitrogen and oxygen atoms in total. The molecule has 0 radical (unpaired) electrons. The van der Waals surface area contributed by atoms with Crippen molar-refractivity contribution >= 4 is 17.3 Å². The maximum absolute atomic E-state index is 13.3. The van der Waals surface area contributed by atoms with Crippen molar-refractivity contribution in [3.05, 3.63) is 58.9 Å². The first-order chi connectivity index (χ1) is 12.8. The minimum atomic E-state index is -1.72. The Morgan fingerprint density at radius 1 is 1.37 bits per heavy atom. The third-order valence-electron chi connectivity index (χ3n) is 4.65. The lowest BCUT2D eigenvalue weighted by Crippen LogP contribution is -2.49. The van der Waals surface area contributed by atoms with Crippen molar-refractivity contribution in [1.29, 1.82) is 5.26 Å². The summed E-state index contributed by atoms with van der Waals surface area (Å²) >= 11 is 0. The number of nitriles is 1. The Bertz CT molecular complexity index is 922. The Hall–Kier alpha value is -2.98. The summed E-state index contributed by atoms with van der Waals surface area (Å²) in [6.45, 7) is 1.17. The highest BCUT2D eigenvalue weighted by Crippen LogP contribution is 2.30. The zero-order valence-corrected chi connectivity index (χ0v) is 14.8. The molecular weight excluding hydrogens is 352 g/mol. The maximum atomic E-state index is 13.3. The first kappa shape index (κ1) is 18.8. The van der Waals surface area contributed by atoms with Gasteiger partial charge in [0.2, 0.25) is 0 Å². The zero-order chi connectivity index (χ0) is 19.6. The van der Waals surface area contributed by atoms with Gasteiger partial charge < -0.3 is 15.3 Å². The molecule has 0 spiro atoms. The third kappa shape index (κ3) is 3.91. The lowest BCUT2D eigenvalue weighted by molar-refractivity contribution is -0.131. The van der Waals surface area contributed by atoms with Crippen molar-refractivity contribution in [2.24, 2.45) is 0 Å². The third-order valence-corrected chi connectivity index (χ3v) is 4.65. The van der Waals surface area contributed by atoms with Gasteiger partial charge in [0.15, 0.2) is 5.60 Å². The van der Waals surface area contributed by atoms with Crippen LogP contribution in [0.5, 0.6) is 0 Å². The minimum Gasteiger partial charge on any atom is -0.378 e. The number of fused-ring (bicyclic) bond motifs is 1. The smallest absolute Gasteiger partial charge is 0.257 e. The first-order valence-electron chi connectivity index (χ1n) is 8.50. The van der Waals surface area contributed by atoms with Crippen molar-refractivity contribution in [2.45, 2.75) is 25.6 Å². The normalized spacial score (nSPS) is 15.0. The summed E-state index contributed by atoms with van der Waals surface area (Å²) in [7, 11) is 0. The largest absolute Gasteiger partial charge is 0.378 e. The van der Waals surface area contributed by atoms with Gasteiger partial charge in [0.05, 0.1) is 18.2 Å². The average molecular weight is 371 g/mol. The van der Waals surface area contributed by atoms with E-state index in [0.29, 0.717) is 18.7 Å². The number of anilines is 2. The lowest BCUT2D eigenvalue weighted by Gasteiger charge is -2.29. The average Bonchev–Trinajstić information content (AvgIpc) is 3.02. The van der Waals surface area contributed by atoms with E-state index in [2.05, 4.69) is 5.32 Å². The van der Waals surface area contributed by atoms with Crippen molar-refractivity contribution in [3.63, 3.8) is 0 Å². The zero-order valence-electron chi connectivity index (χ0n) is 14.8. The highest BCUT2D eigenvalue weighted by atomic mass is 19.1. The van der Waals surface area contributed by atoms with Gasteiger partial charge in [-0.15, -0.1) is 0 Å². The molecule has 0 saturated heterocycles. The number of β-amino-alcohol motifs (C(OH)–C–C–N with tert-alkyl or cyclic N) is 1. The Morgan fingerprint density at radius 2 is 2.15 bits per heavy atom. The number of nitrogens with one attached hydrogen (secondary N) is 1. The maximum Gasteiger partial charge on any atom is 0.257 e. The fourth-order valence-electron chi connectivity index (χ4n) is 3.20. The van der Waals surface area contributed by atoms with Gasteiger partial charge in [-0.3, -0.25) is 4.79 Å². The van der Waals surface area contributed by atoms with Crippen LogP contribution >= 0.6 is 0 Å². The van der Waals surface area contributed by atoms with Crippen LogP contribution in [0.2, 0.25) is 0 Å². The van der Waals surface area contributed by atoms with Crippen LogP contribution in [0.15, 0.2) is 36.4 Å². The molecule has 2 N–H and O–H groups in total. The molecule has 0 saturated carbocycles. The number of aliphatic hydroxyl groups is 1. The number of hydrogen-bond acceptors (Lipinski definition) is 4. The SMILES string of the molecule is C[C@](O)(CN1CCc2cc(F)ccc21)C(=O)Nc1ccc(C#N)c(CF)c1. The fourth-order valence-corrected chi connectivity index (χ4v) is 3.20. The van der Waals surface area contributed by atoms with E-state index in [0.717, 1.165) is 11.3 Å². The molecule has 0 unspecified atom stereocenters. The second kappa shape index (κ2) is 7.33. The van der Waals surface area contributed by atoms with E-state index in [-0.39, 0.29) is 23.5 Å². The summed E-state index contributed by atoms with van der Waals surface area (Å²) in [6, 6.07) is 10.6. The van der Waals surface area contributed by atoms with Crippen LogP contribution in [0.4, 0.5) is 20.2 Å². The van der Waals surface area contributed by atoms with Crippen LogP contribution in [0.3, 0.4) is 0 Å². The predicted octanol–water partition coefficient (Wildman–Crippen LogP) is 2.92. The molecule has 3 rings (SSSR count). The van der Waals surface area contributed by atoms with E-state index in [1.54, 1.807) is 6.07 Å². The number of alkyl halides is 1. The van der Waals surface area contributed by atoms with Gasteiger partial charge in [-0.2, -0.15) is 5.26 Å². The first-order valence-corrected chi connectivity index (χ1v) is 8.50. The highest BCUT2D eigenvalue weighted by molar-refractivity contribution is 5.97. The number of hydrogen-bond donors (Lipinski definition) is 2. The molecule has 1 heterocycles. The molecular formula is C20H19F2N3O2. The summed E-state index contributed by atoms with van der Waals surface area (Å²) in [5.41, 5.74) is 0.581. The summed E-state index contributed by atoms with van der Waals surface area (Å²) in [4.78, 5) is 14.4. The molecule has 0 aromatic heterocycles. The Morgan fingerprint density at radius 3 is 2.85 bits per heavy atom. The van der Waals surface area contributed by atoms with Gasteiger partial charge in [0, 0.05) is 23.5 Å². The van der Waals surface area contributed by atoms with Crippen molar-refractivity contribution in [2.75, 3.05) is 23.3 Å². The molecule has 27 heavy (non-hydrogen) atoms. The molecule has 1 aliphatic heterocycles. The molecule has 7 heteroatoms. The van der Waals surface area contributed by atoms with Gasteiger partial charge in [0.1, 0.15) is 12.5 Å². The number of nitrogens with zero attached hydrogens (tertiary/aromatic N) is 2. The number of halogens is 2. The number of carbonyl (C=O) groups excluding carboxylic acids is 1. The second-order valence-electron chi connectivity index (χ2n) is 6.79. The molecule has 2 aromatic rings. The van der Waals surface area contributed by atoms with Crippen LogP contribution in [0.1, 0.15) is 23.6 Å². The summed E-state index contributed by atoms with van der Waals surface area (Å²) in [5.74, 6) is -0.961. The molecule has 0 bridgehead atoms. The van der Waals surface area contributed by atoms with Crippen molar-refractivity contribution in [3.8, 4) is 6.07 Å². The van der Waals surface area contributed by atoms with Gasteiger partial charge >= 0.3 is 0 Å². The molecule has 1 atom stereocenters. The molecule has 1 amide bonds. The number of rotatable bonds is 5. The van der Waals surface area contributed by atoms with E-state index in [1.807, 2.05) is 11.0 Å². The van der Waals surface area contributed by atoms with Crippen LogP contribution in [0.25, 0.3) is 0 Å². The van der Waals surface area contributed by atoms with Crippen molar-refractivity contribution in [1.82, 2.24) is 0 Å². The molecule has 2 aromatic carbocycles. The van der Waals surface area contributed by atoms with E-state index < -0.39 is 18.2 Å². The van der Waals surface area contributed by atoms with Crippen LogP contribution in [0, 0.1) is 17.1 Å². The quantitative estimate of drug-likeness (QED) is 0.847. The molecule has 1 aliphatic rings. The molecule has 140 valence electrons. The summed E-state index contributed by atoms with van der Waals surface area (Å²) in [5, 5.41) is 22.2. The van der Waals surface area contributed by atoms with Crippen LogP contribution in [-0.2, 0) is 17.9 Å². The standard InChI is InChI=1S/C20H19F2N3O2/c1-20(27,12-25-7-6-13-8-16(22)3-5-18(13)25)19(26)24-17-4-2-14(11-23)15(9-17)10-21/h2-5,8-9,27H,6-7,10,12H2,1H3,(H,24,26)/t20-/m0/s1. The number of carbonyl (C=O) groups is 1. The fraction of sp³-hybridized carbons (Fsp3) is 0.300. The van der Waals surface area contributed by atoms with Gasteiger partial charge in [-0.1, -0.05) is 0 Å². The summed E-state index contributed by atoms with van der Waals surface area (Å²) < 4.78 is 26.4. The van der Waals surface area contributed by atoms with Gasteiger partial charge in [0.25, 0.3) is 5.91 Å². The Balaban J connectivity index is 1.72. The van der Waals surface area contributed by atoms with E-state index in [4.69, 9.17) is 5.26 Å². The van der Waals surface area contributed by atoms with Gasteiger partial charge in [-0.25, -0.2) is 8.78 Å². The number of benzene rings is 2. The van der Waals surface area contributed by atoms with E-state index in [1.165, 1.54) is 37.3 Å². The monoisotopic (exact) mass is 371 g/mol. The van der Waals surface area contributed by atoms with Crippen LogP contribution in [-0.4, -0.2) is 29.7 Å². The van der Waals surface area contributed by atoms with Crippen LogP contribution < -0.4 is 10.2 Å². The number of amides is 1. The minimum absolute atomic E-state index is 0.0315. The predicted molar refractivity (Wildman–Crippen MR) is 97.5 cm³/mol. The highest BCUT2D eigenvalue weighted by Gasteiger charge is 2.35. The summed E-state index contributed by atoms with van der Waals surface area (Å²) in [6.07, 6.45) is 0.639. The molecule has 0 fully saturated rings. The van der Waals surface area contributed by atoms with Crippen molar-refractivity contribution < 1.29 is 18.7 Å². The van der Waals surface area contributed by atoms with E-state index in [9.17, 15) is 18.7 Å². The Kier molecular flexibility index (Phi) is 5.10. The second-order valence-corrected chi connectivity index (χ2v) is 6.79. The molecule has 0 aliphatic carbocycles. The van der Waals surface area contributed by atoms with E-state index >= 15 is 0 Å².